The number of hydrogen-bond donors (Lipinski definition) is 1. The van der Waals surface area contributed by atoms with Crippen molar-refractivity contribution in [3.8, 4) is 0 Å². The van der Waals surface area contributed by atoms with Gasteiger partial charge in [-0.25, -0.2) is 4.98 Å². The second-order valence-corrected chi connectivity index (χ2v) is 3.37. The molecule has 0 aliphatic carbocycles. The summed E-state index contributed by atoms with van der Waals surface area (Å²) < 4.78 is 7.49. The van der Waals surface area contributed by atoms with Crippen molar-refractivity contribution in [2.24, 2.45) is 0 Å². The van der Waals surface area contributed by atoms with Crippen LogP contribution in [0.25, 0.3) is 0 Å². The fourth-order valence-electron chi connectivity index (χ4n) is 1.43. The number of aromatic nitrogens is 2. The van der Waals surface area contributed by atoms with E-state index in [2.05, 4.69) is 21.8 Å². The van der Waals surface area contributed by atoms with Gasteiger partial charge in [0.05, 0.1) is 6.54 Å². The maximum atomic E-state index is 5.30. The number of nitrogens with one attached hydrogen (secondary N) is 1. The Morgan fingerprint density at radius 1 is 1.47 bits per heavy atom. The highest BCUT2D eigenvalue weighted by molar-refractivity contribution is 4.91. The standard InChI is InChI=1S/C11H21N3O/c1-3-12-10-11-13-6-8-14(11)7-5-9-15-4-2/h6,8,12H,3-5,7,9-10H2,1-2H3. The molecule has 0 spiro atoms. The van der Waals surface area contributed by atoms with Crippen LogP contribution in [0.4, 0.5) is 0 Å². The van der Waals surface area contributed by atoms with Crippen LogP contribution in [0, 0.1) is 0 Å². The third kappa shape index (κ3) is 4.44. The molecule has 0 aliphatic heterocycles. The Balaban J connectivity index is 2.29. The predicted octanol–water partition coefficient (Wildman–Crippen LogP) is 1.42. The lowest BCUT2D eigenvalue weighted by Gasteiger charge is -2.07. The van der Waals surface area contributed by atoms with Crippen LogP contribution in [-0.4, -0.2) is 29.3 Å². The van der Waals surface area contributed by atoms with Crippen molar-refractivity contribution in [3.63, 3.8) is 0 Å². The summed E-state index contributed by atoms with van der Waals surface area (Å²) in [5.41, 5.74) is 0. The normalized spacial score (nSPS) is 10.8. The van der Waals surface area contributed by atoms with Crippen molar-refractivity contribution in [2.75, 3.05) is 19.8 Å². The van der Waals surface area contributed by atoms with E-state index in [-0.39, 0.29) is 0 Å². The van der Waals surface area contributed by atoms with Crippen LogP contribution in [-0.2, 0) is 17.8 Å². The highest BCUT2D eigenvalue weighted by Gasteiger charge is 2.00. The summed E-state index contributed by atoms with van der Waals surface area (Å²) in [5, 5.41) is 3.28. The van der Waals surface area contributed by atoms with Gasteiger partial charge in [-0.2, -0.15) is 0 Å². The first-order chi connectivity index (χ1) is 7.38. The highest BCUT2D eigenvalue weighted by Crippen LogP contribution is 1.99. The fourth-order valence-corrected chi connectivity index (χ4v) is 1.43. The van der Waals surface area contributed by atoms with Gasteiger partial charge in [0.2, 0.25) is 0 Å². The van der Waals surface area contributed by atoms with Crippen LogP contribution in [0.3, 0.4) is 0 Å². The molecule has 0 saturated heterocycles. The Bertz CT molecular complexity index is 260. The van der Waals surface area contributed by atoms with Crippen LogP contribution in [0.15, 0.2) is 12.4 Å². The largest absolute Gasteiger partial charge is 0.382 e. The average Bonchev–Trinajstić information content (AvgIpc) is 2.69. The Morgan fingerprint density at radius 2 is 2.33 bits per heavy atom. The molecule has 1 heterocycles. The maximum absolute atomic E-state index is 5.30. The minimum atomic E-state index is 0.800. The van der Waals surface area contributed by atoms with Crippen molar-refractivity contribution in [1.82, 2.24) is 14.9 Å². The predicted molar refractivity (Wildman–Crippen MR) is 60.7 cm³/mol. The van der Waals surface area contributed by atoms with E-state index in [0.717, 1.165) is 45.1 Å². The number of nitrogens with zero attached hydrogens (tertiary/aromatic N) is 2. The molecule has 0 atom stereocenters. The van der Waals surface area contributed by atoms with Gasteiger partial charge in [0.25, 0.3) is 0 Å². The van der Waals surface area contributed by atoms with Gasteiger partial charge < -0.3 is 14.6 Å². The summed E-state index contributed by atoms with van der Waals surface area (Å²) in [5.74, 6) is 1.10. The smallest absolute Gasteiger partial charge is 0.122 e. The van der Waals surface area contributed by atoms with E-state index >= 15 is 0 Å². The Kier molecular flexibility index (Phi) is 6.04. The van der Waals surface area contributed by atoms with Crippen LogP contribution >= 0.6 is 0 Å². The van der Waals surface area contributed by atoms with Gasteiger partial charge in [0.15, 0.2) is 0 Å². The van der Waals surface area contributed by atoms with E-state index in [9.17, 15) is 0 Å². The molecule has 0 saturated carbocycles. The molecular weight excluding hydrogens is 190 g/mol. The zero-order chi connectivity index (χ0) is 10.9. The van der Waals surface area contributed by atoms with E-state index in [0.29, 0.717) is 0 Å². The first kappa shape index (κ1) is 12.2. The van der Waals surface area contributed by atoms with Gasteiger partial charge in [-0.15, -0.1) is 0 Å². The molecule has 1 aromatic rings. The van der Waals surface area contributed by atoms with E-state index < -0.39 is 0 Å². The number of imidazole rings is 1. The third-order valence-electron chi connectivity index (χ3n) is 2.23. The summed E-state index contributed by atoms with van der Waals surface area (Å²) in [4.78, 5) is 4.31. The van der Waals surface area contributed by atoms with Crippen LogP contribution in [0.1, 0.15) is 26.1 Å². The molecule has 0 radical (unpaired) electrons. The van der Waals surface area contributed by atoms with Gasteiger partial charge in [-0.05, 0) is 19.9 Å². The second kappa shape index (κ2) is 7.43. The Morgan fingerprint density at radius 3 is 3.07 bits per heavy atom. The van der Waals surface area contributed by atoms with Gasteiger partial charge in [0, 0.05) is 32.2 Å². The van der Waals surface area contributed by atoms with E-state index in [1.807, 2.05) is 19.3 Å². The molecule has 0 fully saturated rings. The molecular formula is C11H21N3O. The van der Waals surface area contributed by atoms with Crippen molar-refractivity contribution < 1.29 is 4.74 Å². The first-order valence-corrected chi connectivity index (χ1v) is 5.67. The molecule has 0 bridgehead atoms. The van der Waals surface area contributed by atoms with Crippen molar-refractivity contribution in [1.29, 1.82) is 0 Å². The number of aryl methyl sites for hydroxylation is 1. The van der Waals surface area contributed by atoms with Crippen molar-refractivity contribution in [2.45, 2.75) is 33.4 Å². The van der Waals surface area contributed by atoms with E-state index in [1.165, 1.54) is 0 Å². The SMILES string of the molecule is CCNCc1nccn1CCCOCC. The monoisotopic (exact) mass is 211 g/mol. The zero-order valence-corrected chi connectivity index (χ0v) is 9.70. The van der Waals surface area contributed by atoms with Gasteiger partial charge >= 0.3 is 0 Å². The summed E-state index contributed by atoms with van der Waals surface area (Å²) in [7, 11) is 0. The highest BCUT2D eigenvalue weighted by atomic mass is 16.5. The molecule has 4 nitrogen and oxygen atoms in total. The van der Waals surface area contributed by atoms with Crippen LogP contribution in [0.2, 0.25) is 0 Å². The molecule has 1 rings (SSSR count). The zero-order valence-electron chi connectivity index (χ0n) is 9.70. The molecule has 0 aliphatic rings. The summed E-state index contributed by atoms with van der Waals surface area (Å²) in [6.45, 7) is 8.56. The summed E-state index contributed by atoms with van der Waals surface area (Å²) in [6.07, 6.45) is 4.93. The molecule has 4 heteroatoms. The molecule has 15 heavy (non-hydrogen) atoms. The topological polar surface area (TPSA) is 39.1 Å². The van der Waals surface area contributed by atoms with Gasteiger partial charge in [-0.3, -0.25) is 0 Å². The quantitative estimate of drug-likeness (QED) is 0.661. The molecule has 86 valence electrons. The lowest BCUT2D eigenvalue weighted by atomic mass is 10.4. The molecule has 0 amide bonds. The first-order valence-electron chi connectivity index (χ1n) is 5.67. The van der Waals surface area contributed by atoms with Crippen molar-refractivity contribution >= 4 is 0 Å². The summed E-state index contributed by atoms with van der Waals surface area (Å²) in [6, 6.07) is 0. The summed E-state index contributed by atoms with van der Waals surface area (Å²) >= 11 is 0. The average molecular weight is 211 g/mol. The third-order valence-corrected chi connectivity index (χ3v) is 2.23. The number of ether oxygens (including phenoxy) is 1. The molecule has 0 aromatic carbocycles. The fraction of sp³-hybridized carbons (Fsp3) is 0.727. The Labute approximate surface area is 91.7 Å². The van der Waals surface area contributed by atoms with Gasteiger partial charge in [-0.1, -0.05) is 6.92 Å². The van der Waals surface area contributed by atoms with E-state index in [1.54, 1.807) is 0 Å². The molecule has 0 unspecified atom stereocenters. The van der Waals surface area contributed by atoms with Crippen molar-refractivity contribution in [3.05, 3.63) is 18.2 Å². The Hall–Kier alpha value is -0.870. The minimum Gasteiger partial charge on any atom is -0.382 e. The van der Waals surface area contributed by atoms with Gasteiger partial charge in [0.1, 0.15) is 5.82 Å². The second-order valence-electron chi connectivity index (χ2n) is 3.37. The number of rotatable bonds is 8. The number of hydrogen-bond acceptors (Lipinski definition) is 3. The van der Waals surface area contributed by atoms with Crippen LogP contribution < -0.4 is 5.32 Å². The lowest BCUT2D eigenvalue weighted by molar-refractivity contribution is 0.141. The minimum absolute atomic E-state index is 0.800. The van der Waals surface area contributed by atoms with Crippen LogP contribution in [0.5, 0.6) is 0 Å². The maximum Gasteiger partial charge on any atom is 0.122 e. The molecule has 1 N–H and O–H groups in total. The molecule has 1 aromatic heterocycles. The van der Waals surface area contributed by atoms with E-state index in [4.69, 9.17) is 4.74 Å². The lowest BCUT2D eigenvalue weighted by Crippen LogP contribution is -2.16.